The lowest BCUT2D eigenvalue weighted by molar-refractivity contribution is -0.130. The van der Waals surface area contributed by atoms with Gasteiger partial charge in [0, 0.05) is 18.5 Å². The molecule has 3 atom stereocenters. The highest BCUT2D eigenvalue weighted by atomic mass is 35.5. The van der Waals surface area contributed by atoms with Crippen LogP contribution in [0.5, 0.6) is 0 Å². The average Bonchev–Trinajstić information content (AvgIpc) is 2.72. The van der Waals surface area contributed by atoms with Crippen LogP contribution in [0.15, 0.2) is 0 Å². The second kappa shape index (κ2) is 3.95. The van der Waals surface area contributed by atoms with Crippen LogP contribution in [0.25, 0.3) is 0 Å². The number of amides is 1. The van der Waals surface area contributed by atoms with Crippen molar-refractivity contribution in [1.29, 1.82) is 0 Å². The summed E-state index contributed by atoms with van der Waals surface area (Å²) in [6, 6.07) is 0. The molecule has 15 heavy (non-hydrogen) atoms. The first-order valence-electron chi connectivity index (χ1n) is 5.63. The molecule has 1 N–H and O–H groups in total. The van der Waals surface area contributed by atoms with Gasteiger partial charge in [-0.2, -0.15) is 0 Å². The molecule has 3 unspecified atom stereocenters. The molecule has 0 aromatic carbocycles. The number of fused-ring (bicyclic) bond motifs is 1. The third-order valence-electron chi connectivity index (χ3n) is 4.01. The van der Waals surface area contributed by atoms with Crippen LogP contribution in [-0.2, 0) is 4.79 Å². The summed E-state index contributed by atoms with van der Waals surface area (Å²) < 4.78 is 0. The van der Waals surface area contributed by atoms with Crippen molar-refractivity contribution in [2.24, 2.45) is 11.3 Å². The highest BCUT2D eigenvalue weighted by molar-refractivity contribution is 6.30. The summed E-state index contributed by atoms with van der Waals surface area (Å²) in [5, 5.41) is 9.05. The lowest BCUT2D eigenvalue weighted by Gasteiger charge is -2.26. The summed E-state index contributed by atoms with van der Waals surface area (Å²) in [6.07, 6.45) is 3.37. The summed E-state index contributed by atoms with van der Waals surface area (Å²) >= 11 is 5.80. The van der Waals surface area contributed by atoms with Gasteiger partial charge in [-0.05, 0) is 25.7 Å². The van der Waals surface area contributed by atoms with Gasteiger partial charge in [0.25, 0.3) is 0 Å². The number of hydrogen-bond acceptors (Lipinski definition) is 2. The smallest absolute Gasteiger partial charge is 0.240 e. The topological polar surface area (TPSA) is 40.5 Å². The molecule has 2 rings (SSSR count). The predicted molar refractivity (Wildman–Crippen MR) is 58.8 cm³/mol. The standard InChI is InChI=1S/C11H18ClNO2/c1-8(12)10(15)13-5-9-3-2-4-11(9,6-13)7-14/h8-9,14H,2-7H2,1H3. The van der Waals surface area contributed by atoms with Crippen molar-refractivity contribution in [1.82, 2.24) is 4.90 Å². The van der Waals surface area contributed by atoms with E-state index in [1.807, 2.05) is 4.90 Å². The van der Waals surface area contributed by atoms with Gasteiger partial charge in [0.1, 0.15) is 5.38 Å². The number of nitrogens with zero attached hydrogens (tertiary/aromatic N) is 1. The van der Waals surface area contributed by atoms with Crippen molar-refractivity contribution in [2.45, 2.75) is 31.6 Å². The first-order valence-corrected chi connectivity index (χ1v) is 6.06. The van der Waals surface area contributed by atoms with Crippen LogP contribution < -0.4 is 0 Å². The quantitative estimate of drug-likeness (QED) is 0.727. The zero-order chi connectivity index (χ0) is 11.1. The number of carbonyl (C=O) groups excluding carboxylic acids is 1. The number of aliphatic hydroxyl groups excluding tert-OH is 1. The van der Waals surface area contributed by atoms with E-state index in [1.165, 1.54) is 6.42 Å². The van der Waals surface area contributed by atoms with Gasteiger partial charge in [0.2, 0.25) is 5.91 Å². The van der Waals surface area contributed by atoms with E-state index in [-0.39, 0.29) is 17.9 Å². The van der Waals surface area contributed by atoms with E-state index < -0.39 is 5.38 Å². The summed E-state index contributed by atoms with van der Waals surface area (Å²) in [5.74, 6) is 0.501. The third-order valence-corrected chi connectivity index (χ3v) is 4.19. The van der Waals surface area contributed by atoms with Crippen LogP contribution >= 0.6 is 11.6 Å². The molecule has 0 spiro atoms. The van der Waals surface area contributed by atoms with Crippen molar-refractivity contribution in [2.75, 3.05) is 19.7 Å². The fraction of sp³-hybridized carbons (Fsp3) is 0.909. The van der Waals surface area contributed by atoms with Crippen molar-refractivity contribution < 1.29 is 9.90 Å². The molecule has 0 bridgehead atoms. The monoisotopic (exact) mass is 231 g/mol. The van der Waals surface area contributed by atoms with Crippen LogP contribution in [0.3, 0.4) is 0 Å². The molecular weight excluding hydrogens is 214 g/mol. The van der Waals surface area contributed by atoms with E-state index in [0.717, 1.165) is 19.4 Å². The number of rotatable bonds is 2. The Balaban J connectivity index is 2.08. The fourth-order valence-corrected chi connectivity index (χ4v) is 3.23. The van der Waals surface area contributed by atoms with E-state index in [1.54, 1.807) is 6.92 Å². The molecule has 0 aromatic rings. The molecule has 2 aliphatic rings. The molecular formula is C11H18ClNO2. The van der Waals surface area contributed by atoms with Gasteiger partial charge < -0.3 is 10.0 Å². The van der Waals surface area contributed by atoms with Crippen molar-refractivity contribution in [3.8, 4) is 0 Å². The van der Waals surface area contributed by atoms with Crippen molar-refractivity contribution >= 4 is 17.5 Å². The van der Waals surface area contributed by atoms with E-state index in [9.17, 15) is 9.90 Å². The molecule has 4 heteroatoms. The number of likely N-dealkylation sites (tertiary alicyclic amines) is 1. The Morgan fingerprint density at radius 2 is 2.47 bits per heavy atom. The van der Waals surface area contributed by atoms with E-state index in [2.05, 4.69) is 0 Å². The molecule has 0 radical (unpaired) electrons. The van der Waals surface area contributed by atoms with Crippen LogP contribution in [0.1, 0.15) is 26.2 Å². The van der Waals surface area contributed by atoms with Gasteiger partial charge in [-0.25, -0.2) is 0 Å². The van der Waals surface area contributed by atoms with E-state index in [4.69, 9.17) is 11.6 Å². The first kappa shape index (κ1) is 11.2. The molecule has 0 aromatic heterocycles. The average molecular weight is 232 g/mol. The number of aliphatic hydroxyl groups is 1. The maximum Gasteiger partial charge on any atom is 0.240 e. The number of hydrogen-bond donors (Lipinski definition) is 1. The van der Waals surface area contributed by atoms with Crippen LogP contribution in [0.4, 0.5) is 0 Å². The van der Waals surface area contributed by atoms with Gasteiger partial charge in [-0.3, -0.25) is 4.79 Å². The minimum atomic E-state index is -0.445. The molecule has 2 fully saturated rings. The Morgan fingerprint density at radius 1 is 1.73 bits per heavy atom. The fourth-order valence-electron chi connectivity index (χ4n) is 3.09. The van der Waals surface area contributed by atoms with Crippen LogP contribution in [0, 0.1) is 11.3 Å². The highest BCUT2D eigenvalue weighted by Crippen LogP contribution is 2.48. The lowest BCUT2D eigenvalue weighted by atomic mass is 9.82. The summed E-state index contributed by atoms with van der Waals surface area (Å²) in [5.41, 5.74) is -0.0125. The second-order valence-electron chi connectivity index (χ2n) is 4.94. The van der Waals surface area contributed by atoms with Gasteiger partial charge in [0.05, 0.1) is 6.61 Å². The Hall–Kier alpha value is -0.280. The zero-order valence-electron chi connectivity index (χ0n) is 9.08. The number of carbonyl (C=O) groups is 1. The predicted octanol–water partition coefficient (Wildman–Crippen LogP) is 1.23. The SMILES string of the molecule is CC(Cl)C(=O)N1CC2CCCC2(CO)C1. The highest BCUT2D eigenvalue weighted by Gasteiger charge is 2.50. The largest absolute Gasteiger partial charge is 0.396 e. The molecule has 1 saturated carbocycles. The molecule has 1 heterocycles. The Morgan fingerprint density at radius 3 is 3.00 bits per heavy atom. The first-order chi connectivity index (χ1) is 7.09. The summed E-state index contributed by atoms with van der Waals surface area (Å²) in [6.45, 7) is 3.40. The van der Waals surface area contributed by atoms with Crippen molar-refractivity contribution in [3.05, 3.63) is 0 Å². The molecule has 1 aliphatic heterocycles. The summed E-state index contributed by atoms with van der Waals surface area (Å²) in [4.78, 5) is 13.6. The van der Waals surface area contributed by atoms with Gasteiger partial charge in [-0.1, -0.05) is 6.42 Å². The Bertz CT molecular complexity index is 269. The van der Waals surface area contributed by atoms with E-state index >= 15 is 0 Å². The number of halogens is 1. The maximum atomic E-state index is 11.7. The Labute approximate surface area is 95.4 Å². The Kier molecular flexibility index (Phi) is 2.95. The summed E-state index contributed by atoms with van der Waals surface area (Å²) in [7, 11) is 0. The molecule has 1 amide bonds. The van der Waals surface area contributed by atoms with Gasteiger partial charge in [0.15, 0.2) is 0 Å². The molecule has 1 saturated heterocycles. The second-order valence-corrected chi connectivity index (χ2v) is 5.60. The normalized spacial score (nSPS) is 36.7. The lowest BCUT2D eigenvalue weighted by Crippen LogP contribution is -2.37. The van der Waals surface area contributed by atoms with Crippen molar-refractivity contribution in [3.63, 3.8) is 0 Å². The van der Waals surface area contributed by atoms with Gasteiger partial charge >= 0.3 is 0 Å². The van der Waals surface area contributed by atoms with E-state index in [0.29, 0.717) is 12.5 Å². The zero-order valence-corrected chi connectivity index (χ0v) is 9.83. The molecule has 86 valence electrons. The minimum absolute atomic E-state index is 0.0125. The molecule has 1 aliphatic carbocycles. The van der Waals surface area contributed by atoms with Crippen LogP contribution in [-0.4, -0.2) is 41.0 Å². The number of alkyl halides is 1. The van der Waals surface area contributed by atoms with Gasteiger partial charge in [-0.15, -0.1) is 11.6 Å². The minimum Gasteiger partial charge on any atom is -0.396 e. The molecule has 3 nitrogen and oxygen atoms in total. The van der Waals surface area contributed by atoms with Crippen LogP contribution in [0.2, 0.25) is 0 Å². The maximum absolute atomic E-state index is 11.7. The third kappa shape index (κ3) is 1.76.